The number of carbonyl (C=O) groups is 1. The molecule has 3 N–H and O–H groups in total. The molecule has 3 rings (SSSR count). The molecule has 2 aliphatic carbocycles. The summed E-state index contributed by atoms with van der Waals surface area (Å²) in [5.74, 6) is 0.994. The first-order valence-electron chi connectivity index (χ1n) is 6.92. The van der Waals surface area contributed by atoms with Crippen LogP contribution in [0.1, 0.15) is 53.8 Å². The zero-order valence-corrected chi connectivity index (χ0v) is 12.2. The van der Waals surface area contributed by atoms with Crippen molar-refractivity contribution in [1.82, 2.24) is 0 Å². The van der Waals surface area contributed by atoms with Crippen LogP contribution in [0.2, 0.25) is 0 Å². The Morgan fingerprint density at radius 3 is 2.79 bits per heavy atom. The monoisotopic (exact) mass is 280 g/mol. The fourth-order valence-electron chi connectivity index (χ4n) is 2.63. The van der Waals surface area contributed by atoms with Crippen LogP contribution in [0.4, 0.5) is 10.7 Å². The zero-order valence-electron chi connectivity index (χ0n) is 11.4. The van der Waals surface area contributed by atoms with Crippen LogP contribution in [0.15, 0.2) is 0 Å². The third-order valence-corrected chi connectivity index (χ3v) is 5.24. The van der Waals surface area contributed by atoms with Gasteiger partial charge in [-0.3, -0.25) is 0 Å². The van der Waals surface area contributed by atoms with Crippen molar-refractivity contribution in [2.75, 3.05) is 18.2 Å². The van der Waals surface area contributed by atoms with E-state index >= 15 is 0 Å². The SMILES string of the molecule is CCC1CC1Nc1sc(C(=O)OC)c(N)c1C1CC1. The van der Waals surface area contributed by atoms with Gasteiger partial charge in [-0.05, 0) is 31.1 Å². The first-order chi connectivity index (χ1) is 9.15. The van der Waals surface area contributed by atoms with Gasteiger partial charge in [-0.1, -0.05) is 13.3 Å². The van der Waals surface area contributed by atoms with Crippen LogP contribution >= 0.6 is 11.3 Å². The molecule has 0 radical (unpaired) electrons. The minimum Gasteiger partial charge on any atom is -0.465 e. The molecule has 2 saturated carbocycles. The second kappa shape index (κ2) is 4.71. The van der Waals surface area contributed by atoms with Gasteiger partial charge in [0.05, 0.1) is 17.8 Å². The smallest absolute Gasteiger partial charge is 0.350 e. The predicted molar refractivity (Wildman–Crippen MR) is 77.9 cm³/mol. The van der Waals surface area contributed by atoms with Crippen LogP contribution in [0, 0.1) is 5.92 Å². The third-order valence-electron chi connectivity index (χ3n) is 4.10. The lowest BCUT2D eigenvalue weighted by Gasteiger charge is -2.06. The first kappa shape index (κ1) is 12.8. The van der Waals surface area contributed by atoms with Crippen molar-refractivity contribution in [3.63, 3.8) is 0 Å². The quantitative estimate of drug-likeness (QED) is 0.813. The van der Waals surface area contributed by atoms with Gasteiger partial charge in [-0.25, -0.2) is 4.79 Å². The van der Waals surface area contributed by atoms with Gasteiger partial charge in [0, 0.05) is 11.6 Å². The second-order valence-electron chi connectivity index (χ2n) is 5.51. The van der Waals surface area contributed by atoms with Crippen LogP contribution in [0.3, 0.4) is 0 Å². The average molecular weight is 280 g/mol. The highest BCUT2D eigenvalue weighted by Gasteiger charge is 2.39. The molecule has 4 nitrogen and oxygen atoms in total. The molecule has 0 spiro atoms. The number of rotatable bonds is 5. The number of ether oxygens (including phenoxy) is 1. The van der Waals surface area contributed by atoms with Crippen LogP contribution in [-0.4, -0.2) is 19.1 Å². The van der Waals surface area contributed by atoms with Crippen LogP contribution in [-0.2, 0) is 4.74 Å². The summed E-state index contributed by atoms with van der Waals surface area (Å²) in [7, 11) is 1.40. The molecule has 0 saturated heterocycles. The van der Waals surface area contributed by atoms with E-state index in [4.69, 9.17) is 10.5 Å². The Morgan fingerprint density at radius 1 is 1.53 bits per heavy atom. The number of nitrogens with two attached hydrogens (primary N) is 1. The molecular weight excluding hydrogens is 260 g/mol. The summed E-state index contributed by atoms with van der Waals surface area (Å²) in [6.45, 7) is 2.22. The molecule has 0 amide bonds. The number of thiophene rings is 1. The minimum absolute atomic E-state index is 0.319. The standard InChI is InChI=1S/C14H20N2O2S/c1-3-7-6-9(7)16-13-10(8-4-5-8)11(15)12(19-13)14(17)18-2/h7-9,16H,3-6,15H2,1-2H3. The van der Waals surface area contributed by atoms with Crippen LogP contribution in [0.25, 0.3) is 0 Å². The summed E-state index contributed by atoms with van der Waals surface area (Å²) < 4.78 is 4.81. The maximum atomic E-state index is 11.7. The third kappa shape index (κ3) is 2.31. The number of esters is 1. The van der Waals surface area contributed by atoms with Crippen molar-refractivity contribution in [3.8, 4) is 0 Å². The Balaban J connectivity index is 1.87. The molecule has 1 heterocycles. The van der Waals surface area contributed by atoms with E-state index in [1.165, 1.54) is 44.1 Å². The Hall–Kier alpha value is -1.23. The van der Waals surface area contributed by atoms with E-state index in [0.717, 1.165) is 16.5 Å². The lowest BCUT2D eigenvalue weighted by molar-refractivity contribution is 0.0607. The summed E-state index contributed by atoms with van der Waals surface area (Å²) in [5, 5.41) is 4.68. The Bertz CT molecular complexity index is 508. The zero-order chi connectivity index (χ0) is 13.6. The molecule has 104 valence electrons. The summed E-state index contributed by atoms with van der Waals surface area (Å²) >= 11 is 1.46. The molecule has 2 unspecified atom stereocenters. The van der Waals surface area contributed by atoms with Crippen molar-refractivity contribution in [3.05, 3.63) is 10.4 Å². The molecule has 0 bridgehead atoms. The van der Waals surface area contributed by atoms with Gasteiger partial charge >= 0.3 is 5.97 Å². The molecule has 0 aliphatic heterocycles. The number of methoxy groups -OCH3 is 1. The van der Waals surface area contributed by atoms with E-state index < -0.39 is 0 Å². The van der Waals surface area contributed by atoms with E-state index in [-0.39, 0.29) is 5.97 Å². The topological polar surface area (TPSA) is 64.3 Å². The Kier molecular flexibility index (Phi) is 3.17. The van der Waals surface area contributed by atoms with Crippen molar-refractivity contribution >= 4 is 28.0 Å². The number of anilines is 2. The van der Waals surface area contributed by atoms with Crippen LogP contribution < -0.4 is 11.1 Å². The van der Waals surface area contributed by atoms with Crippen molar-refractivity contribution in [2.24, 2.45) is 5.92 Å². The summed E-state index contributed by atoms with van der Waals surface area (Å²) in [6.07, 6.45) is 4.79. The highest BCUT2D eigenvalue weighted by atomic mass is 32.1. The summed E-state index contributed by atoms with van der Waals surface area (Å²) in [6, 6.07) is 0.561. The van der Waals surface area contributed by atoms with Gasteiger partial charge in [-0.2, -0.15) is 0 Å². The molecule has 5 heteroatoms. The minimum atomic E-state index is -0.319. The van der Waals surface area contributed by atoms with Gasteiger partial charge < -0.3 is 15.8 Å². The van der Waals surface area contributed by atoms with Gasteiger partial charge in [0.25, 0.3) is 0 Å². The van der Waals surface area contributed by atoms with Gasteiger partial charge in [0.15, 0.2) is 0 Å². The van der Waals surface area contributed by atoms with Crippen molar-refractivity contribution in [2.45, 2.75) is 44.6 Å². The van der Waals surface area contributed by atoms with Crippen molar-refractivity contribution < 1.29 is 9.53 Å². The van der Waals surface area contributed by atoms with E-state index in [9.17, 15) is 4.79 Å². The number of hydrogen-bond donors (Lipinski definition) is 2. The molecular formula is C14H20N2O2S. The number of hydrogen-bond acceptors (Lipinski definition) is 5. The largest absolute Gasteiger partial charge is 0.465 e. The van der Waals surface area contributed by atoms with Crippen molar-refractivity contribution in [1.29, 1.82) is 0 Å². The second-order valence-corrected chi connectivity index (χ2v) is 6.53. The molecule has 19 heavy (non-hydrogen) atoms. The lowest BCUT2D eigenvalue weighted by atomic mass is 10.1. The number of carbonyl (C=O) groups excluding carboxylic acids is 1. The Morgan fingerprint density at radius 2 is 2.26 bits per heavy atom. The summed E-state index contributed by atoms with van der Waals surface area (Å²) in [5.41, 5.74) is 7.95. The number of nitrogens with one attached hydrogen (secondary N) is 1. The Labute approximate surface area is 117 Å². The van der Waals surface area contributed by atoms with E-state index in [1.54, 1.807) is 0 Å². The molecule has 2 atom stereocenters. The lowest BCUT2D eigenvalue weighted by Crippen LogP contribution is -2.05. The highest BCUT2D eigenvalue weighted by molar-refractivity contribution is 7.18. The average Bonchev–Trinajstić information content (AvgIpc) is 3.30. The van der Waals surface area contributed by atoms with Gasteiger partial charge in [0.2, 0.25) is 0 Å². The molecule has 2 aliphatic rings. The molecule has 1 aromatic heterocycles. The number of nitrogen functional groups attached to an aromatic ring is 1. The fourth-order valence-corrected chi connectivity index (χ4v) is 3.82. The van der Waals surface area contributed by atoms with E-state index in [0.29, 0.717) is 22.5 Å². The van der Waals surface area contributed by atoms with E-state index in [1.807, 2.05) is 0 Å². The van der Waals surface area contributed by atoms with Gasteiger partial charge in [0.1, 0.15) is 4.88 Å². The maximum absolute atomic E-state index is 11.7. The maximum Gasteiger partial charge on any atom is 0.350 e. The van der Waals surface area contributed by atoms with E-state index in [2.05, 4.69) is 12.2 Å². The molecule has 0 aromatic carbocycles. The fraction of sp³-hybridized carbons (Fsp3) is 0.643. The predicted octanol–water partition coefficient (Wildman–Crippen LogP) is 3.20. The normalized spacial score (nSPS) is 25.2. The van der Waals surface area contributed by atoms with Crippen LogP contribution in [0.5, 0.6) is 0 Å². The van der Waals surface area contributed by atoms with Gasteiger partial charge in [-0.15, -0.1) is 11.3 Å². The molecule has 2 fully saturated rings. The highest BCUT2D eigenvalue weighted by Crippen LogP contribution is 2.52. The summed E-state index contributed by atoms with van der Waals surface area (Å²) in [4.78, 5) is 12.3. The molecule has 1 aromatic rings. The first-order valence-corrected chi connectivity index (χ1v) is 7.74.